The van der Waals surface area contributed by atoms with E-state index in [1.807, 2.05) is 37.3 Å². The summed E-state index contributed by atoms with van der Waals surface area (Å²) in [6.45, 7) is 2.21. The second-order valence-corrected chi connectivity index (χ2v) is 8.04. The van der Waals surface area contributed by atoms with Gasteiger partial charge in [0.2, 0.25) is 0 Å². The molecular formula is C14H17NO3S2. The zero-order valence-corrected chi connectivity index (χ0v) is 13.3. The fourth-order valence-corrected chi connectivity index (χ4v) is 4.47. The Morgan fingerprint density at radius 1 is 1.25 bits per heavy atom. The number of ether oxygens (including phenoxy) is 1. The molecule has 0 radical (unpaired) electrons. The van der Waals surface area contributed by atoms with Crippen molar-refractivity contribution in [2.24, 2.45) is 0 Å². The first-order valence-corrected chi connectivity index (χ1v) is 8.35. The fourth-order valence-electron chi connectivity index (χ4n) is 1.82. The Bertz CT molecular complexity index is 692. The third-order valence-electron chi connectivity index (χ3n) is 2.92. The Kier molecular flexibility index (Phi) is 4.47. The molecule has 0 spiro atoms. The average molecular weight is 311 g/mol. The summed E-state index contributed by atoms with van der Waals surface area (Å²) >= 11 is 1.29. The van der Waals surface area contributed by atoms with E-state index in [1.54, 1.807) is 20.2 Å². The summed E-state index contributed by atoms with van der Waals surface area (Å²) in [6, 6.07) is 10.9. The van der Waals surface area contributed by atoms with Crippen LogP contribution in [-0.2, 0) is 16.6 Å². The van der Waals surface area contributed by atoms with Gasteiger partial charge in [-0.1, -0.05) is 12.1 Å². The fraction of sp³-hybridized carbons (Fsp3) is 0.286. The van der Waals surface area contributed by atoms with Crippen LogP contribution in [0.2, 0.25) is 0 Å². The van der Waals surface area contributed by atoms with Crippen LogP contribution in [-0.4, -0.2) is 26.9 Å². The molecule has 1 heterocycles. The SMILES string of the molecule is COc1cccc(CN(C)S(=O)(=O)c2ccc(C)s2)c1. The van der Waals surface area contributed by atoms with Crippen LogP contribution in [0.5, 0.6) is 5.75 Å². The van der Waals surface area contributed by atoms with E-state index in [9.17, 15) is 8.42 Å². The molecule has 0 atom stereocenters. The summed E-state index contributed by atoms with van der Waals surface area (Å²) in [5, 5.41) is 0. The minimum atomic E-state index is -3.42. The van der Waals surface area contributed by atoms with Gasteiger partial charge in [0.05, 0.1) is 7.11 Å². The standard InChI is InChI=1S/C14H17NO3S2/c1-11-7-8-14(19-11)20(16,17)15(2)10-12-5-4-6-13(9-12)18-3/h4-9H,10H2,1-3H3. The largest absolute Gasteiger partial charge is 0.497 e. The van der Waals surface area contributed by atoms with Gasteiger partial charge in [0.15, 0.2) is 0 Å². The molecule has 1 aromatic heterocycles. The van der Waals surface area contributed by atoms with Crippen molar-refractivity contribution in [2.75, 3.05) is 14.2 Å². The summed E-state index contributed by atoms with van der Waals surface area (Å²) in [5.74, 6) is 0.722. The number of hydrogen-bond donors (Lipinski definition) is 0. The highest BCUT2D eigenvalue weighted by atomic mass is 32.2. The van der Waals surface area contributed by atoms with Crippen LogP contribution in [0.1, 0.15) is 10.4 Å². The van der Waals surface area contributed by atoms with Gasteiger partial charge in [-0.3, -0.25) is 0 Å². The van der Waals surface area contributed by atoms with Gasteiger partial charge in [0.1, 0.15) is 9.96 Å². The van der Waals surface area contributed by atoms with E-state index in [0.29, 0.717) is 10.8 Å². The van der Waals surface area contributed by atoms with E-state index in [0.717, 1.165) is 16.2 Å². The first kappa shape index (κ1) is 15.0. The maximum atomic E-state index is 12.4. The van der Waals surface area contributed by atoms with Crippen LogP contribution in [0, 0.1) is 6.92 Å². The van der Waals surface area contributed by atoms with Crippen molar-refractivity contribution < 1.29 is 13.2 Å². The number of sulfonamides is 1. The lowest BCUT2D eigenvalue weighted by Gasteiger charge is -2.16. The molecule has 108 valence electrons. The lowest BCUT2D eigenvalue weighted by Crippen LogP contribution is -2.25. The molecule has 0 aliphatic rings. The topological polar surface area (TPSA) is 46.6 Å². The lowest BCUT2D eigenvalue weighted by atomic mass is 10.2. The second-order valence-electron chi connectivity index (χ2n) is 4.48. The average Bonchev–Trinajstić information content (AvgIpc) is 2.86. The Labute approximate surface area is 123 Å². The molecule has 2 rings (SSSR count). The van der Waals surface area contributed by atoms with Crippen molar-refractivity contribution in [1.29, 1.82) is 0 Å². The van der Waals surface area contributed by atoms with Crippen LogP contribution in [0.4, 0.5) is 0 Å². The number of benzene rings is 1. The zero-order chi connectivity index (χ0) is 14.8. The molecule has 1 aromatic carbocycles. The van der Waals surface area contributed by atoms with Crippen LogP contribution in [0.3, 0.4) is 0 Å². The summed E-state index contributed by atoms with van der Waals surface area (Å²) < 4.78 is 31.7. The normalized spacial score (nSPS) is 11.8. The molecule has 2 aromatic rings. The van der Waals surface area contributed by atoms with Gasteiger partial charge >= 0.3 is 0 Å². The first-order valence-electron chi connectivity index (χ1n) is 6.09. The van der Waals surface area contributed by atoms with Crippen molar-refractivity contribution in [1.82, 2.24) is 4.31 Å². The van der Waals surface area contributed by atoms with E-state index in [-0.39, 0.29) is 0 Å². The van der Waals surface area contributed by atoms with Crippen molar-refractivity contribution in [3.05, 3.63) is 46.8 Å². The molecule has 0 N–H and O–H groups in total. The molecule has 6 heteroatoms. The number of aryl methyl sites for hydroxylation is 1. The van der Waals surface area contributed by atoms with Crippen molar-refractivity contribution in [2.45, 2.75) is 17.7 Å². The van der Waals surface area contributed by atoms with Crippen LogP contribution < -0.4 is 4.74 Å². The number of hydrogen-bond acceptors (Lipinski definition) is 4. The maximum Gasteiger partial charge on any atom is 0.252 e. The molecule has 0 aliphatic carbocycles. The number of thiophene rings is 1. The molecular weight excluding hydrogens is 294 g/mol. The third kappa shape index (κ3) is 3.20. The number of methoxy groups -OCH3 is 1. The highest BCUT2D eigenvalue weighted by Crippen LogP contribution is 2.25. The van der Waals surface area contributed by atoms with Gasteiger partial charge < -0.3 is 4.74 Å². The highest BCUT2D eigenvalue weighted by molar-refractivity contribution is 7.91. The van der Waals surface area contributed by atoms with E-state index in [2.05, 4.69) is 0 Å². The van der Waals surface area contributed by atoms with Crippen molar-refractivity contribution >= 4 is 21.4 Å². The third-order valence-corrected chi connectivity index (χ3v) is 6.19. The molecule has 0 unspecified atom stereocenters. The molecule has 0 amide bonds. The molecule has 0 fully saturated rings. The molecule has 0 aliphatic heterocycles. The lowest BCUT2D eigenvalue weighted by molar-refractivity contribution is 0.412. The Hall–Kier alpha value is -1.37. The highest BCUT2D eigenvalue weighted by Gasteiger charge is 2.22. The van der Waals surface area contributed by atoms with Gasteiger partial charge in [-0.05, 0) is 36.8 Å². The molecule has 0 saturated heterocycles. The Balaban J connectivity index is 2.20. The summed E-state index contributed by atoms with van der Waals surface area (Å²) in [7, 11) is -0.246. The van der Waals surface area contributed by atoms with Gasteiger partial charge in [-0.15, -0.1) is 11.3 Å². The Morgan fingerprint density at radius 3 is 2.60 bits per heavy atom. The molecule has 0 bridgehead atoms. The van der Waals surface area contributed by atoms with Crippen molar-refractivity contribution in [3.63, 3.8) is 0 Å². The van der Waals surface area contributed by atoms with Crippen LogP contribution in [0.15, 0.2) is 40.6 Å². The van der Waals surface area contributed by atoms with Gasteiger partial charge in [0, 0.05) is 18.5 Å². The van der Waals surface area contributed by atoms with E-state index >= 15 is 0 Å². The van der Waals surface area contributed by atoms with E-state index < -0.39 is 10.0 Å². The Morgan fingerprint density at radius 2 is 2.00 bits per heavy atom. The van der Waals surface area contributed by atoms with Crippen molar-refractivity contribution in [3.8, 4) is 5.75 Å². The monoisotopic (exact) mass is 311 g/mol. The smallest absolute Gasteiger partial charge is 0.252 e. The quantitative estimate of drug-likeness (QED) is 0.853. The van der Waals surface area contributed by atoms with Gasteiger partial charge in [0.25, 0.3) is 10.0 Å². The molecule has 4 nitrogen and oxygen atoms in total. The van der Waals surface area contributed by atoms with Gasteiger partial charge in [-0.25, -0.2) is 8.42 Å². The summed E-state index contributed by atoms with van der Waals surface area (Å²) in [4.78, 5) is 0.985. The summed E-state index contributed by atoms with van der Waals surface area (Å²) in [5.41, 5.74) is 0.892. The van der Waals surface area contributed by atoms with Crippen LogP contribution >= 0.6 is 11.3 Å². The first-order chi connectivity index (χ1) is 9.43. The molecule has 20 heavy (non-hydrogen) atoms. The van der Waals surface area contributed by atoms with E-state index in [1.165, 1.54) is 15.6 Å². The zero-order valence-electron chi connectivity index (χ0n) is 11.7. The minimum Gasteiger partial charge on any atom is -0.497 e. The number of nitrogens with zero attached hydrogens (tertiary/aromatic N) is 1. The predicted molar refractivity (Wildman–Crippen MR) is 80.7 cm³/mol. The van der Waals surface area contributed by atoms with Crippen LogP contribution in [0.25, 0.3) is 0 Å². The van der Waals surface area contributed by atoms with E-state index in [4.69, 9.17) is 4.74 Å². The number of rotatable bonds is 5. The summed E-state index contributed by atoms with van der Waals surface area (Å²) in [6.07, 6.45) is 0. The maximum absolute atomic E-state index is 12.4. The minimum absolute atomic E-state index is 0.316. The van der Waals surface area contributed by atoms with Gasteiger partial charge in [-0.2, -0.15) is 4.31 Å². The second kappa shape index (κ2) is 5.95. The molecule has 0 saturated carbocycles. The predicted octanol–water partition coefficient (Wildman–Crippen LogP) is 2.89.